The van der Waals surface area contributed by atoms with E-state index >= 15 is 0 Å². The summed E-state index contributed by atoms with van der Waals surface area (Å²) in [6.07, 6.45) is 9.18. The third-order valence-corrected chi connectivity index (χ3v) is 7.87. The van der Waals surface area contributed by atoms with Crippen LogP contribution in [0.2, 0.25) is 0 Å². The molecule has 0 spiro atoms. The van der Waals surface area contributed by atoms with Gasteiger partial charge in [0.1, 0.15) is 0 Å². The first-order valence-corrected chi connectivity index (χ1v) is 10.9. The summed E-state index contributed by atoms with van der Waals surface area (Å²) in [6.45, 7) is 6.97. The summed E-state index contributed by atoms with van der Waals surface area (Å²) < 4.78 is 0. The van der Waals surface area contributed by atoms with Crippen molar-refractivity contribution >= 4 is 5.91 Å². The number of aryl methyl sites for hydroxylation is 1. The third-order valence-electron chi connectivity index (χ3n) is 7.87. The Morgan fingerprint density at radius 1 is 1.26 bits per heavy atom. The number of nitrogens with one attached hydrogen (secondary N) is 1. The molecule has 0 aromatic heterocycles. The maximum Gasteiger partial charge on any atom is 0.250 e. The molecule has 3 heteroatoms. The van der Waals surface area contributed by atoms with Gasteiger partial charge in [-0.15, -0.1) is 0 Å². The Bertz CT molecular complexity index is 723. The van der Waals surface area contributed by atoms with E-state index in [0.29, 0.717) is 11.8 Å². The van der Waals surface area contributed by atoms with Crippen LogP contribution in [0.4, 0.5) is 0 Å². The molecule has 3 nitrogen and oxygen atoms in total. The molecule has 1 aromatic carbocycles. The minimum atomic E-state index is -0.265. The van der Waals surface area contributed by atoms with Crippen molar-refractivity contribution in [1.29, 1.82) is 0 Å². The zero-order valence-corrected chi connectivity index (χ0v) is 17.4. The zero-order valence-electron chi connectivity index (χ0n) is 17.4. The number of fused-ring (bicyclic) bond motifs is 3. The Labute approximate surface area is 164 Å². The molecule has 0 radical (unpaired) electrons. The van der Waals surface area contributed by atoms with Crippen molar-refractivity contribution in [2.24, 2.45) is 17.3 Å². The predicted molar refractivity (Wildman–Crippen MR) is 108 cm³/mol. The Morgan fingerprint density at radius 3 is 2.70 bits per heavy atom. The lowest BCUT2D eigenvalue weighted by Gasteiger charge is -2.56. The molecule has 3 aliphatic rings. The second-order valence-corrected chi connectivity index (χ2v) is 9.87. The fourth-order valence-electron chi connectivity index (χ4n) is 6.32. The fourth-order valence-corrected chi connectivity index (χ4v) is 6.32. The second-order valence-electron chi connectivity index (χ2n) is 9.87. The first kappa shape index (κ1) is 19.0. The molecular weight excluding hydrogens is 334 g/mol. The molecule has 0 bridgehead atoms. The molecule has 0 aliphatic heterocycles. The van der Waals surface area contributed by atoms with E-state index in [2.05, 4.69) is 44.5 Å². The molecule has 1 unspecified atom stereocenters. The number of rotatable bonds is 5. The lowest BCUT2D eigenvalue weighted by atomic mass is 9.48. The standard InChI is InChI=1S/C24H35NO2/c1-16(2)18-8-10-20-19(14-18)9-11-21-23(20,3)12-5-13-24(21,15-17-6-7-17)22(26)25-27-4/h8,10,14,16-17,21H,5-7,9,11-13,15H2,1-4H3,(H,25,26)/t21?,23-,24+/m1/s1. The summed E-state index contributed by atoms with van der Waals surface area (Å²) in [5.74, 6) is 1.84. The van der Waals surface area contributed by atoms with Crippen molar-refractivity contribution in [3.05, 3.63) is 34.9 Å². The van der Waals surface area contributed by atoms with E-state index in [1.54, 1.807) is 7.11 Å². The number of amides is 1. The van der Waals surface area contributed by atoms with E-state index in [1.807, 2.05) is 0 Å². The van der Waals surface area contributed by atoms with Gasteiger partial charge in [0, 0.05) is 0 Å². The van der Waals surface area contributed by atoms with Crippen LogP contribution in [0.3, 0.4) is 0 Å². The minimum absolute atomic E-state index is 0.0985. The van der Waals surface area contributed by atoms with Crippen molar-refractivity contribution in [2.75, 3.05) is 7.11 Å². The summed E-state index contributed by atoms with van der Waals surface area (Å²) in [6, 6.07) is 7.15. The average Bonchev–Trinajstić information content (AvgIpc) is 3.45. The minimum Gasteiger partial charge on any atom is -0.277 e. The third kappa shape index (κ3) is 3.12. The molecule has 2 fully saturated rings. The predicted octanol–water partition coefficient (Wildman–Crippen LogP) is 5.28. The molecule has 4 rings (SSSR count). The van der Waals surface area contributed by atoms with Crippen molar-refractivity contribution in [3.8, 4) is 0 Å². The number of benzene rings is 1. The highest BCUT2D eigenvalue weighted by Gasteiger charge is 2.58. The van der Waals surface area contributed by atoms with Gasteiger partial charge in [0.25, 0.3) is 0 Å². The van der Waals surface area contributed by atoms with Crippen LogP contribution < -0.4 is 5.48 Å². The van der Waals surface area contributed by atoms with Crippen molar-refractivity contribution < 1.29 is 9.63 Å². The van der Waals surface area contributed by atoms with Crippen LogP contribution in [0.15, 0.2) is 18.2 Å². The SMILES string of the molecule is CONC(=O)[C@]1(CC2CC2)CCC[C@]2(C)c3ccc(C(C)C)cc3CCC12. The average molecular weight is 370 g/mol. The second kappa shape index (κ2) is 6.92. The summed E-state index contributed by atoms with van der Waals surface area (Å²) >= 11 is 0. The van der Waals surface area contributed by atoms with Crippen LogP contribution in [-0.2, 0) is 21.5 Å². The largest absolute Gasteiger partial charge is 0.277 e. The Morgan fingerprint density at radius 2 is 2.04 bits per heavy atom. The number of hydroxylamine groups is 1. The van der Waals surface area contributed by atoms with Gasteiger partial charge in [0.2, 0.25) is 5.91 Å². The van der Waals surface area contributed by atoms with Crippen LogP contribution >= 0.6 is 0 Å². The van der Waals surface area contributed by atoms with Crippen LogP contribution in [0, 0.1) is 17.3 Å². The van der Waals surface area contributed by atoms with Gasteiger partial charge in [-0.2, -0.15) is 0 Å². The van der Waals surface area contributed by atoms with E-state index < -0.39 is 0 Å². The van der Waals surface area contributed by atoms with Crippen LogP contribution in [0.5, 0.6) is 0 Å². The Hall–Kier alpha value is -1.35. The topological polar surface area (TPSA) is 38.3 Å². The molecule has 148 valence electrons. The van der Waals surface area contributed by atoms with Gasteiger partial charge in [-0.3, -0.25) is 9.63 Å². The van der Waals surface area contributed by atoms with Gasteiger partial charge in [-0.25, -0.2) is 5.48 Å². The maximum atomic E-state index is 13.3. The first-order valence-electron chi connectivity index (χ1n) is 10.9. The van der Waals surface area contributed by atoms with Gasteiger partial charge < -0.3 is 0 Å². The zero-order chi connectivity index (χ0) is 19.2. The van der Waals surface area contributed by atoms with Gasteiger partial charge in [0.15, 0.2) is 0 Å². The Kier molecular flexibility index (Phi) is 4.86. The molecule has 3 aliphatic carbocycles. The maximum absolute atomic E-state index is 13.3. The Balaban J connectivity index is 1.75. The summed E-state index contributed by atoms with van der Waals surface area (Å²) in [4.78, 5) is 18.4. The number of hydrogen-bond donors (Lipinski definition) is 1. The molecule has 27 heavy (non-hydrogen) atoms. The van der Waals surface area contributed by atoms with Crippen LogP contribution in [0.1, 0.15) is 88.3 Å². The monoisotopic (exact) mass is 369 g/mol. The van der Waals surface area contributed by atoms with Gasteiger partial charge >= 0.3 is 0 Å². The number of carbonyl (C=O) groups excluding carboxylic acids is 1. The highest BCUT2D eigenvalue weighted by molar-refractivity contribution is 5.82. The summed E-state index contributed by atoms with van der Waals surface area (Å²) in [5, 5.41) is 0. The number of hydrogen-bond acceptors (Lipinski definition) is 2. The molecule has 1 aromatic rings. The highest BCUT2D eigenvalue weighted by atomic mass is 16.6. The van der Waals surface area contributed by atoms with E-state index in [9.17, 15) is 4.79 Å². The van der Waals surface area contributed by atoms with Gasteiger partial charge in [-0.1, -0.05) is 58.2 Å². The summed E-state index contributed by atoms with van der Waals surface area (Å²) in [7, 11) is 1.56. The van der Waals surface area contributed by atoms with E-state index in [-0.39, 0.29) is 16.7 Å². The molecule has 1 N–H and O–H groups in total. The normalized spacial score (nSPS) is 32.7. The number of carbonyl (C=O) groups is 1. The quantitative estimate of drug-likeness (QED) is 0.717. The molecular formula is C24H35NO2. The first-order chi connectivity index (χ1) is 12.9. The van der Waals surface area contributed by atoms with E-state index in [4.69, 9.17) is 4.84 Å². The lowest BCUT2D eigenvalue weighted by Crippen LogP contribution is -2.56. The van der Waals surface area contributed by atoms with Gasteiger partial charge in [-0.05, 0) is 72.0 Å². The molecule has 2 saturated carbocycles. The van der Waals surface area contributed by atoms with Crippen molar-refractivity contribution in [3.63, 3.8) is 0 Å². The highest BCUT2D eigenvalue weighted by Crippen LogP contribution is 2.61. The van der Waals surface area contributed by atoms with Crippen molar-refractivity contribution in [1.82, 2.24) is 5.48 Å². The van der Waals surface area contributed by atoms with Crippen LogP contribution in [0.25, 0.3) is 0 Å². The fraction of sp³-hybridized carbons (Fsp3) is 0.708. The van der Waals surface area contributed by atoms with Gasteiger partial charge in [0.05, 0.1) is 12.5 Å². The van der Waals surface area contributed by atoms with E-state index in [1.165, 1.54) is 36.0 Å². The molecule has 3 atom stereocenters. The summed E-state index contributed by atoms with van der Waals surface area (Å²) in [5.41, 5.74) is 7.05. The molecule has 0 saturated heterocycles. The molecule has 1 amide bonds. The van der Waals surface area contributed by atoms with Crippen LogP contribution in [-0.4, -0.2) is 13.0 Å². The lowest BCUT2D eigenvalue weighted by molar-refractivity contribution is -0.153. The van der Waals surface area contributed by atoms with E-state index in [0.717, 1.165) is 38.0 Å². The molecule has 0 heterocycles. The van der Waals surface area contributed by atoms with Crippen molar-refractivity contribution in [2.45, 2.75) is 83.5 Å². The smallest absolute Gasteiger partial charge is 0.250 e.